The molecule has 0 saturated heterocycles. The molecule has 1 atom stereocenters. The van der Waals surface area contributed by atoms with Crippen LogP contribution in [0.2, 0.25) is 0 Å². The zero-order valence-corrected chi connectivity index (χ0v) is 12.3. The van der Waals surface area contributed by atoms with Crippen LogP contribution in [0.5, 0.6) is 5.75 Å². The van der Waals surface area contributed by atoms with Crippen LogP contribution in [0.1, 0.15) is 30.6 Å². The molecule has 116 valence electrons. The Bertz CT molecular complexity index is 516. The molecule has 0 fully saturated rings. The average Bonchev–Trinajstić information content (AvgIpc) is 2.42. The van der Waals surface area contributed by atoms with Crippen molar-refractivity contribution in [2.45, 2.75) is 26.4 Å². The molecule has 1 unspecified atom stereocenters. The lowest BCUT2D eigenvalue weighted by Gasteiger charge is -2.14. The fourth-order valence-electron chi connectivity index (χ4n) is 2.00. The lowest BCUT2D eigenvalue weighted by Crippen LogP contribution is -2.33. The number of benzene rings is 1. The monoisotopic (exact) mass is 296 g/mol. The number of nitrogens with zero attached hydrogens (tertiary/aromatic N) is 1. The van der Waals surface area contributed by atoms with Crippen molar-refractivity contribution < 1.29 is 19.6 Å². The number of rotatable bonds is 7. The molecule has 0 aliphatic rings. The number of nitro groups is 1. The summed E-state index contributed by atoms with van der Waals surface area (Å²) in [5.74, 6) is -0.291. The second kappa shape index (κ2) is 7.58. The van der Waals surface area contributed by atoms with E-state index in [1.807, 2.05) is 13.8 Å². The second-order valence-electron chi connectivity index (χ2n) is 5.11. The number of methoxy groups -OCH3 is 1. The first-order valence-electron chi connectivity index (χ1n) is 6.64. The molecule has 0 saturated carbocycles. The standard InChI is InChI=1S/C14H20N2O5/c1-9(2)7-10(17)8-15-14(18)11-5-4-6-12(16(19)20)13(11)21-3/h4-6,9-10,17H,7-8H2,1-3H3,(H,15,18). The average molecular weight is 296 g/mol. The summed E-state index contributed by atoms with van der Waals surface area (Å²) in [6, 6.07) is 4.12. The van der Waals surface area contributed by atoms with Crippen molar-refractivity contribution >= 4 is 11.6 Å². The molecule has 1 aromatic carbocycles. The molecule has 2 N–H and O–H groups in total. The van der Waals surface area contributed by atoms with Crippen molar-refractivity contribution in [2.24, 2.45) is 5.92 Å². The number of amides is 1. The summed E-state index contributed by atoms with van der Waals surface area (Å²) in [6.07, 6.45) is -0.0922. The SMILES string of the molecule is COc1c(C(=O)NCC(O)CC(C)C)cccc1[N+](=O)[O-]. The number of nitrogens with one attached hydrogen (secondary N) is 1. The van der Waals surface area contributed by atoms with Gasteiger partial charge in [0, 0.05) is 12.6 Å². The van der Waals surface area contributed by atoms with Gasteiger partial charge in [0.05, 0.1) is 23.7 Å². The quantitative estimate of drug-likeness (QED) is 0.589. The van der Waals surface area contributed by atoms with E-state index in [0.717, 1.165) is 0 Å². The molecular formula is C14H20N2O5. The van der Waals surface area contributed by atoms with Gasteiger partial charge in [-0.2, -0.15) is 0 Å². The Morgan fingerprint density at radius 3 is 2.67 bits per heavy atom. The third-order valence-electron chi connectivity index (χ3n) is 2.88. The number of hydrogen-bond acceptors (Lipinski definition) is 5. The fourth-order valence-corrected chi connectivity index (χ4v) is 2.00. The second-order valence-corrected chi connectivity index (χ2v) is 5.11. The van der Waals surface area contributed by atoms with E-state index in [-0.39, 0.29) is 23.5 Å². The van der Waals surface area contributed by atoms with Gasteiger partial charge in [-0.15, -0.1) is 0 Å². The number of ether oxygens (including phenoxy) is 1. The van der Waals surface area contributed by atoms with Gasteiger partial charge in [-0.05, 0) is 18.4 Å². The largest absolute Gasteiger partial charge is 0.490 e. The summed E-state index contributed by atoms with van der Waals surface area (Å²) >= 11 is 0. The molecule has 0 aliphatic carbocycles. The van der Waals surface area contributed by atoms with Crippen LogP contribution in [-0.4, -0.2) is 35.7 Å². The van der Waals surface area contributed by atoms with Crippen LogP contribution < -0.4 is 10.1 Å². The molecule has 1 amide bonds. The molecule has 0 bridgehead atoms. The fraction of sp³-hybridized carbons (Fsp3) is 0.500. The summed E-state index contributed by atoms with van der Waals surface area (Å²) in [5, 5.41) is 23.2. The molecule has 0 aromatic heterocycles. The van der Waals surface area contributed by atoms with Crippen molar-refractivity contribution in [3.63, 3.8) is 0 Å². The van der Waals surface area contributed by atoms with E-state index in [0.29, 0.717) is 12.3 Å². The van der Waals surface area contributed by atoms with Crippen LogP contribution in [0.3, 0.4) is 0 Å². The zero-order valence-electron chi connectivity index (χ0n) is 12.3. The van der Waals surface area contributed by atoms with E-state index in [4.69, 9.17) is 4.74 Å². The highest BCUT2D eigenvalue weighted by atomic mass is 16.6. The zero-order chi connectivity index (χ0) is 16.0. The van der Waals surface area contributed by atoms with Crippen molar-refractivity contribution in [2.75, 3.05) is 13.7 Å². The Morgan fingerprint density at radius 2 is 2.14 bits per heavy atom. The van der Waals surface area contributed by atoms with Crippen LogP contribution >= 0.6 is 0 Å². The highest BCUT2D eigenvalue weighted by Crippen LogP contribution is 2.30. The normalized spacial score (nSPS) is 12.0. The predicted molar refractivity (Wildman–Crippen MR) is 77.4 cm³/mol. The number of aliphatic hydroxyl groups is 1. The first kappa shape index (κ1) is 16.9. The maximum Gasteiger partial charge on any atom is 0.311 e. The van der Waals surface area contributed by atoms with Gasteiger partial charge < -0.3 is 15.2 Å². The third-order valence-corrected chi connectivity index (χ3v) is 2.88. The summed E-state index contributed by atoms with van der Waals surface area (Å²) in [5.41, 5.74) is -0.198. The Hall–Kier alpha value is -2.15. The van der Waals surface area contributed by atoms with E-state index in [9.17, 15) is 20.0 Å². The first-order chi connectivity index (χ1) is 9.86. The van der Waals surface area contributed by atoms with E-state index < -0.39 is 16.9 Å². The van der Waals surface area contributed by atoms with Gasteiger partial charge in [0.15, 0.2) is 0 Å². The molecule has 21 heavy (non-hydrogen) atoms. The van der Waals surface area contributed by atoms with Gasteiger partial charge in [0.1, 0.15) is 0 Å². The van der Waals surface area contributed by atoms with Gasteiger partial charge in [-0.3, -0.25) is 14.9 Å². The number of aliphatic hydroxyl groups excluding tert-OH is 1. The van der Waals surface area contributed by atoms with E-state index in [1.54, 1.807) is 0 Å². The molecule has 7 heteroatoms. The first-order valence-corrected chi connectivity index (χ1v) is 6.64. The molecular weight excluding hydrogens is 276 g/mol. The van der Waals surface area contributed by atoms with Gasteiger partial charge in [-0.1, -0.05) is 19.9 Å². The topological polar surface area (TPSA) is 102 Å². The van der Waals surface area contributed by atoms with E-state index >= 15 is 0 Å². The van der Waals surface area contributed by atoms with Crippen molar-refractivity contribution in [1.29, 1.82) is 0 Å². The van der Waals surface area contributed by atoms with Gasteiger partial charge >= 0.3 is 5.69 Å². The van der Waals surface area contributed by atoms with Crippen LogP contribution in [-0.2, 0) is 0 Å². The van der Waals surface area contributed by atoms with Crippen LogP contribution in [0.4, 0.5) is 5.69 Å². The molecule has 0 spiro atoms. The molecule has 1 aromatic rings. The Balaban J connectivity index is 2.83. The lowest BCUT2D eigenvalue weighted by molar-refractivity contribution is -0.385. The minimum atomic E-state index is -0.654. The van der Waals surface area contributed by atoms with Crippen LogP contribution in [0.15, 0.2) is 18.2 Å². The van der Waals surface area contributed by atoms with Gasteiger partial charge in [-0.25, -0.2) is 0 Å². The number of carbonyl (C=O) groups excluding carboxylic acids is 1. The Labute approximate surface area is 123 Å². The summed E-state index contributed by atoms with van der Waals surface area (Å²) in [7, 11) is 1.27. The van der Waals surface area contributed by atoms with Crippen molar-refractivity contribution in [3.05, 3.63) is 33.9 Å². The van der Waals surface area contributed by atoms with Crippen LogP contribution in [0, 0.1) is 16.0 Å². The van der Waals surface area contributed by atoms with Crippen molar-refractivity contribution in [1.82, 2.24) is 5.32 Å². The minimum Gasteiger partial charge on any atom is -0.490 e. The highest BCUT2D eigenvalue weighted by molar-refractivity contribution is 5.98. The third kappa shape index (κ3) is 4.71. The smallest absolute Gasteiger partial charge is 0.311 e. The highest BCUT2D eigenvalue weighted by Gasteiger charge is 2.22. The number of nitro benzene ring substituents is 1. The lowest BCUT2D eigenvalue weighted by atomic mass is 10.1. The van der Waals surface area contributed by atoms with Gasteiger partial charge in [0.25, 0.3) is 5.91 Å². The number of hydrogen-bond donors (Lipinski definition) is 2. The number of carbonyl (C=O) groups is 1. The van der Waals surface area contributed by atoms with Crippen LogP contribution in [0.25, 0.3) is 0 Å². The summed E-state index contributed by atoms with van der Waals surface area (Å²) in [4.78, 5) is 22.4. The molecule has 1 rings (SSSR count). The molecule has 0 heterocycles. The van der Waals surface area contributed by atoms with Crippen molar-refractivity contribution in [3.8, 4) is 5.75 Å². The van der Waals surface area contributed by atoms with E-state index in [2.05, 4.69) is 5.32 Å². The summed E-state index contributed by atoms with van der Waals surface area (Å²) < 4.78 is 4.97. The minimum absolute atomic E-state index is 0.0726. The summed E-state index contributed by atoms with van der Waals surface area (Å²) in [6.45, 7) is 4.02. The Kier molecular flexibility index (Phi) is 6.10. The Morgan fingerprint density at radius 1 is 1.48 bits per heavy atom. The van der Waals surface area contributed by atoms with Gasteiger partial charge in [0.2, 0.25) is 5.75 Å². The maximum absolute atomic E-state index is 12.1. The molecule has 7 nitrogen and oxygen atoms in total. The maximum atomic E-state index is 12.1. The van der Waals surface area contributed by atoms with E-state index in [1.165, 1.54) is 25.3 Å². The molecule has 0 radical (unpaired) electrons. The predicted octanol–water partition coefficient (Wildman–Crippen LogP) is 1.74. The number of para-hydroxylation sites is 1. The molecule has 0 aliphatic heterocycles.